The van der Waals surface area contributed by atoms with Gasteiger partial charge in [-0.15, -0.1) is 0 Å². The fourth-order valence-corrected chi connectivity index (χ4v) is 2.03. The van der Waals surface area contributed by atoms with Crippen LogP contribution in [0.5, 0.6) is 0 Å². The van der Waals surface area contributed by atoms with Gasteiger partial charge in [-0.1, -0.05) is 11.6 Å². The number of amides is 2. The fraction of sp³-hybridized carbons (Fsp3) is 0.0667. The van der Waals surface area contributed by atoms with Crippen LogP contribution in [0.1, 0.15) is 17.3 Å². The third kappa shape index (κ3) is 3.97. The van der Waals surface area contributed by atoms with Crippen LogP contribution >= 0.6 is 11.6 Å². The smallest absolute Gasteiger partial charge is 0.257 e. The lowest BCUT2D eigenvalue weighted by Gasteiger charge is -2.08. The van der Waals surface area contributed by atoms with Crippen molar-refractivity contribution in [1.82, 2.24) is 0 Å². The molecule has 0 fully saturated rings. The first-order chi connectivity index (χ1) is 9.95. The Hall–Kier alpha value is -2.53. The zero-order chi connectivity index (χ0) is 15.4. The van der Waals surface area contributed by atoms with Gasteiger partial charge < -0.3 is 16.4 Å². The molecule has 0 aromatic heterocycles. The lowest BCUT2D eigenvalue weighted by molar-refractivity contribution is -0.114. The molecule has 6 heteroatoms. The first-order valence-corrected chi connectivity index (χ1v) is 6.57. The van der Waals surface area contributed by atoms with E-state index in [0.29, 0.717) is 27.6 Å². The van der Waals surface area contributed by atoms with Gasteiger partial charge >= 0.3 is 0 Å². The highest BCUT2D eigenvalue weighted by Gasteiger charge is 2.10. The highest BCUT2D eigenvalue weighted by atomic mass is 35.5. The zero-order valence-electron chi connectivity index (χ0n) is 11.3. The summed E-state index contributed by atoms with van der Waals surface area (Å²) in [5.74, 6) is -0.479. The van der Waals surface area contributed by atoms with Crippen molar-refractivity contribution in [2.45, 2.75) is 6.92 Å². The summed E-state index contributed by atoms with van der Waals surface area (Å²) in [5.41, 5.74) is 7.68. The molecule has 0 bridgehead atoms. The number of nitrogens with one attached hydrogen (secondary N) is 2. The molecule has 0 saturated heterocycles. The summed E-state index contributed by atoms with van der Waals surface area (Å²) in [6, 6.07) is 11.5. The van der Waals surface area contributed by atoms with Crippen LogP contribution in [0, 0.1) is 0 Å². The van der Waals surface area contributed by atoms with Gasteiger partial charge in [-0.05, 0) is 42.5 Å². The number of nitrogen functional groups attached to an aromatic ring is 1. The van der Waals surface area contributed by atoms with Crippen LogP contribution in [0.4, 0.5) is 17.1 Å². The highest BCUT2D eigenvalue weighted by molar-refractivity contribution is 6.34. The van der Waals surface area contributed by atoms with Gasteiger partial charge in [0.15, 0.2) is 0 Å². The molecule has 5 nitrogen and oxygen atoms in total. The fourth-order valence-electron chi connectivity index (χ4n) is 1.75. The second-order valence-electron chi connectivity index (χ2n) is 4.45. The molecule has 2 rings (SSSR count). The van der Waals surface area contributed by atoms with E-state index in [0.717, 1.165) is 0 Å². The molecule has 0 spiro atoms. The minimum absolute atomic E-state index is 0.152. The van der Waals surface area contributed by atoms with E-state index in [-0.39, 0.29) is 11.8 Å². The molecule has 0 aliphatic carbocycles. The van der Waals surface area contributed by atoms with Crippen molar-refractivity contribution in [3.63, 3.8) is 0 Å². The number of rotatable bonds is 3. The number of nitrogens with two attached hydrogens (primary N) is 1. The van der Waals surface area contributed by atoms with E-state index in [9.17, 15) is 9.59 Å². The maximum atomic E-state index is 12.1. The third-order valence-electron chi connectivity index (χ3n) is 2.70. The second kappa shape index (κ2) is 6.28. The van der Waals surface area contributed by atoms with Gasteiger partial charge in [0.2, 0.25) is 5.91 Å². The minimum Gasteiger partial charge on any atom is -0.399 e. The summed E-state index contributed by atoms with van der Waals surface area (Å²) in [6.45, 7) is 1.43. The predicted molar refractivity (Wildman–Crippen MR) is 84.6 cm³/mol. The molecule has 108 valence electrons. The van der Waals surface area contributed by atoms with Gasteiger partial charge in [-0.25, -0.2) is 0 Å². The van der Waals surface area contributed by atoms with Crippen molar-refractivity contribution < 1.29 is 9.59 Å². The molecule has 0 radical (unpaired) electrons. The molecule has 4 N–H and O–H groups in total. The largest absolute Gasteiger partial charge is 0.399 e. The van der Waals surface area contributed by atoms with E-state index in [1.54, 1.807) is 36.4 Å². The van der Waals surface area contributed by atoms with E-state index in [1.807, 2.05) is 0 Å². The molecular weight excluding hydrogens is 290 g/mol. The number of carbonyl (C=O) groups is 2. The van der Waals surface area contributed by atoms with Crippen molar-refractivity contribution >= 4 is 40.5 Å². The summed E-state index contributed by atoms with van der Waals surface area (Å²) in [6.07, 6.45) is 0. The molecule has 0 aliphatic rings. The first-order valence-electron chi connectivity index (χ1n) is 6.20. The third-order valence-corrected chi connectivity index (χ3v) is 3.01. The lowest BCUT2D eigenvalue weighted by Crippen LogP contribution is -2.12. The quantitative estimate of drug-likeness (QED) is 0.762. The van der Waals surface area contributed by atoms with Crippen LogP contribution in [-0.2, 0) is 4.79 Å². The van der Waals surface area contributed by atoms with E-state index >= 15 is 0 Å². The van der Waals surface area contributed by atoms with Gasteiger partial charge in [0.25, 0.3) is 5.91 Å². The van der Waals surface area contributed by atoms with Crippen LogP contribution < -0.4 is 16.4 Å². The van der Waals surface area contributed by atoms with Gasteiger partial charge in [0.05, 0.1) is 10.6 Å². The van der Waals surface area contributed by atoms with Crippen LogP contribution in [0.15, 0.2) is 42.5 Å². The van der Waals surface area contributed by atoms with E-state index < -0.39 is 0 Å². The summed E-state index contributed by atoms with van der Waals surface area (Å²) in [7, 11) is 0. The van der Waals surface area contributed by atoms with Crippen LogP contribution in [0.3, 0.4) is 0 Å². The molecule has 0 heterocycles. The average Bonchev–Trinajstić information content (AvgIpc) is 2.40. The molecule has 0 aliphatic heterocycles. The first kappa shape index (κ1) is 14.9. The highest BCUT2D eigenvalue weighted by Crippen LogP contribution is 2.21. The van der Waals surface area contributed by atoms with Crippen molar-refractivity contribution in [2.24, 2.45) is 0 Å². The number of hydrogen-bond donors (Lipinski definition) is 3. The lowest BCUT2D eigenvalue weighted by atomic mass is 10.2. The SMILES string of the molecule is CC(=O)Nc1ccc(NC(=O)c2ccc(N)cc2Cl)cc1. The Bertz CT molecular complexity index is 684. The van der Waals surface area contributed by atoms with Gasteiger partial charge in [-0.2, -0.15) is 0 Å². The standard InChI is InChI=1S/C15H14ClN3O2/c1-9(20)18-11-3-5-12(6-4-11)19-15(21)13-7-2-10(17)8-14(13)16/h2-8H,17H2,1H3,(H,18,20)(H,19,21). The molecular formula is C15H14ClN3O2. The monoisotopic (exact) mass is 303 g/mol. The minimum atomic E-state index is -0.327. The molecule has 0 saturated carbocycles. The van der Waals surface area contributed by atoms with E-state index in [1.165, 1.54) is 13.0 Å². The Morgan fingerprint density at radius 1 is 1.00 bits per heavy atom. The maximum Gasteiger partial charge on any atom is 0.257 e. The molecule has 2 aromatic carbocycles. The Balaban J connectivity index is 2.10. The Labute approximate surface area is 127 Å². The van der Waals surface area contributed by atoms with Gasteiger partial charge in [0.1, 0.15) is 0 Å². The molecule has 2 aromatic rings. The normalized spacial score (nSPS) is 10.0. The number of benzene rings is 2. The molecule has 0 atom stereocenters. The average molecular weight is 304 g/mol. The maximum absolute atomic E-state index is 12.1. The number of carbonyl (C=O) groups excluding carboxylic acids is 2. The summed E-state index contributed by atoms with van der Waals surface area (Å²) in [5, 5.41) is 5.66. The van der Waals surface area contributed by atoms with Crippen molar-refractivity contribution in [3.05, 3.63) is 53.1 Å². The van der Waals surface area contributed by atoms with E-state index in [4.69, 9.17) is 17.3 Å². The number of anilines is 3. The van der Waals surface area contributed by atoms with Crippen LogP contribution in [-0.4, -0.2) is 11.8 Å². The van der Waals surface area contributed by atoms with Crippen LogP contribution in [0.25, 0.3) is 0 Å². The van der Waals surface area contributed by atoms with E-state index in [2.05, 4.69) is 10.6 Å². The van der Waals surface area contributed by atoms with Crippen molar-refractivity contribution in [3.8, 4) is 0 Å². The van der Waals surface area contributed by atoms with Crippen molar-refractivity contribution in [2.75, 3.05) is 16.4 Å². The van der Waals surface area contributed by atoms with Gasteiger partial charge in [-0.3, -0.25) is 9.59 Å². The molecule has 2 amide bonds. The topological polar surface area (TPSA) is 84.2 Å². The molecule has 21 heavy (non-hydrogen) atoms. The Morgan fingerprint density at radius 3 is 2.10 bits per heavy atom. The molecule has 0 unspecified atom stereocenters. The Morgan fingerprint density at radius 2 is 1.57 bits per heavy atom. The number of hydrogen-bond acceptors (Lipinski definition) is 3. The van der Waals surface area contributed by atoms with Crippen molar-refractivity contribution in [1.29, 1.82) is 0 Å². The number of halogens is 1. The summed E-state index contributed by atoms with van der Waals surface area (Å²) < 4.78 is 0. The predicted octanol–water partition coefficient (Wildman–Crippen LogP) is 3.13. The Kier molecular flexibility index (Phi) is 4.45. The second-order valence-corrected chi connectivity index (χ2v) is 4.86. The van der Waals surface area contributed by atoms with Gasteiger partial charge in [0, 0.05) is 24.0 Å². The summed E-state index contributed by atoms with van der Waals surface area (Å²) in [4.78, 5) is 23.0. The van der Waals surface area contributed by atoms with Crippen LogP contribution in [0.2, 0.25) is 5.02 Å². The summed E-state index contributed by atoms with van der Waals surface area (Å²) >= 11 is 5.98. The zero-order valence-corrected chi connectivity index (χ0v) is 12.1.